The van der Waals surface area contributed by atoms with Gasteiger partial charge in [0.15, 0.2) is 6.61 Å². The normalized spacial score (nSPS) is 10.8. The molecule has 1 amide bonds. The van der Waals surface area contributed by atoms with Gasteiger partial charge in [-0.05, 0) is 45.0 Å². The molecule has 9 heteroatoms. The van der Waals surface area contributed by atoms with Gasteiger partial charge < -0.3 is 10.1 Å². The third-order valence-electron chi connectivity index (χ3n) is 4.18. The van der Waals surface area contributed by atoms with Gasteiger partial charge in [0.2, 0.25) is 0 Å². The van der Waals surface area contributed by atoms with Crippen LogP contribution in [-0.4, -0.2) is 33.2 Å². The Bertz CT molecular complexity index is 1040. The molecule has 3 rings (SSSR count). The van der Waals surface area contributed by atoms with Crippen LogP contribution in [0.3, 0.4) is 0 Å². The van der Waals surface area contributed by atoms with E-state index in [1.165, 1.54) is 12.1 Å². The van der Waals surface area contributed by atoms with E-state index in [2.05, 4.69) is 15.4 Å². The van der Waals surface area contributed by atoms with Crippen molar-refractivity contribution in [3.05, 3.63) is 52.0 Å². The highest BCUT2D eigenvalue weighted by molar-refractivity contribution is 7.17. The zero-order chi connectivity index (χ0) is 20.4. The molecule has 1 aromatic carbocycles. The van der Waals surface area contributed by atoms with Crippen molar-refractivity contribution in [1.82, 2.24) is 14.8 Å². The van der Waals surface area contributed by atoms with Crippen LogP contribution in [0.25, 0.3) is 10.6 Å². The number of benzene rings is 1. The van der Waals surface area contributed by atoms with Gasteiger partial charge in [-0.3, -0.25) is 9.48 Å². The third-order valence-corrected chi connectivity index (χ3v) is 5.37. The molecule has 0 aliphatic heterocycles. The molecule has 7 nitrogen and oxygen atoms in total. The van der Waals surface area contributed by atoms with Crippen molar-refractivity contribution in [2.75, 3.05) is 11.9 Å². The van der Waals surface area contributed by atoms with Gasteiger partial charge in [0.05, 0.1) is 22.8 Å². The largest absolute Gasteiger partial charge is 0.451 e. The van der Waals surface area contributed by atoms with Crippen molar-refractivity contribution in [2.45, 2.75) is 20.8 Å². The van der Waals surface area contributed by atoms with E-state index in [1.54, 1.807) is 37.7 Å². The summed E-state index contributed by atoms with van der Waals surface area (Å²) >= 11 is 1.14. The Kier molecular flexibility index (Phi) is 5.55. The maximum Gasteiger partial charge on any atom is 0.350 e. The summed E-state index contributed by atoms with van der Waals surface area (Å²) in [5.74, 6) is -1.42. The van der Waals surface area contributed by atoms with Crippen molar-refractivity contribution in [3.63, 3.8) is 0 Å². The van der Waals surface area contributed by atoms with Gasteiger partial charge in [0.25, 0.3) is 5.91 Å². The number of ether oxygens (including phenoxy) is 1. The van der Waals surface area contributed by atoms with Crippen molar-refractivity contribution in [1.29, 1.82) is 0 Å². The number of aryl methyl sites for hydroxylation is 3. The Balaban J connectivity index is 1.65. The Hall–Kier alpha value is -3.07. The van der Waals surface area contributed by atoms with E-state index in [9.17, 15) is 14.0 Å². The maximum absolute atomic E-state index is 13.1. The first kappa shape index (κ1) is 19.7. The molecule has 1 N–H and O–H groups in total. The van der Waals surface area contributed by atoms with Crippen molar-refractivity contribution < 1.29 is 18.7 Å². The smallest absolute Gasteiger partial charge is 0.350 e. The van der Waals surface area contributed by atoms with E-state index in [1.807, 2.05) is 6.92 Å². The van der Waals surface area contributed by atoms with Gasteiger partial charge in [-0.2, -0.15) is 5.10 Å². The molecule has 0 bridgehead atoms. The van der Waals surface area contributed by atoms with Gasteiger partial charge in [-0.15, -0.1) is 11.3 Å². The SMILES string of the molecule is Cc1nc(-c2ccc(F)cc2)sc1C(=O)OCC(=O)Nc1c(C)nn(C)c1C. The van der Waals surface area contributed by atoms with Crippen LogP contribution in [0.4, 0.5) is 10.1 Å². The van der Waals surface area contributed by atoms with Crippen LogP contribution in [0.15, 0.2) is 24.3 Å². The standard InChI is InChI=1S/C19H19FN4O3S/c1-10-16(12(3)24(4)23-10)22-15(25)9-27-19(26)17-11(2)21-18(28-17)13-5-7-14(20)8-6-13/h5-8H,9H2,1-4H3,(H,22,25). The summed E-state index contributed by atoms with van der Waals surface area (Å²) in [7, 11) is 1.78. The molecule has 2 heterocycles. The Morgan fingerprint density at radius 2 is 1.86 bits per heavy atom. The molecular formula is C19H19FN4O3S. The first-order valence-electron chi connectivity index (χ1n) is 8.46. The third kappa shape index (κ3) is 4.09. The van der Waals surface area contributed by atoms with Gasteiger partial charge in [-0.25, -0.2) is 14.2 Å². The highest BCUT2D eigenvalue weighted by atomic mass is 32.1. The monoisotopic (exact) mass is 402 g/mol. The number of hydrogen-bond donors (Lipinski definition) is 1. The Morgan fingerprint density at radius 1 is 1.18 bits per heavy atom. The predicted molar refractivity (Wildman–Crippen MR) is 104 cm³/mol. The van der Waals surface area contributed by atoms with Crippen LogP contribution >= 0.6 is 11.3 Å². The topological polar surface area (TPSA) is 86.1 Å². The molecule has 0 fully saturated rings. The zero-order valence-corrected chi connectivity index (χ0v) is 16.7. The lowest BCUT2D eigenvalue weighted by Gasteiger charge is -2.06. The molecule has 0 saturated carbocycles. The van der Waals surface area contributed by atoms with E-state index in [0.29, 0.717) is 32.5 Å². The second-order valence-corrected chi connectivity index (χ2v) is 7.23. The second-order valence-electron chi connectivity index (χ2n) is 6.23. The van der Waals surface area contributed by atoms with Crippen LogP contribution < -0.4 is 5.32 Å². The number of anilines is 1. The number of hydrogen-bond acceptors (Lipinski definition) is 6. The highest BCUT2D eigenvalue weighted by Crippen LogP contribution is 2.28. The molecule has 146 valence electrons. The fraction of sp³-hybridized carbons (Fsp3) is 0.263. The fourth-order valence-electron chi connectivity index (χ4n) is 2.63. The lowest BCUT2D eigenvalue weighted by molar-refractivity contribution is -0.119. The lowest BCUT2D eigenvalue weighted by atomic mass is 10.2. The van der Waals surface area contributed by atoms with Gasteiger partial charge in [0.1, 0.15) is 15.7 Å². The van der Waals surface area contributed by atoms with Crippen LogP contribution in [-0.2, 0) is 16.6 Å². The number of amides is 1. The van der Waals surface area contributed by atoms with Crippen LogP contribution in [0.5, 0.6) is 0 Å². The molecule has 0 spiro atoms. The van der Waals surface area contributed by atoms with Crippen LogP contribution in [0.2, 0.25) is 0 Å². The number of aromatic nitrogens is 3. The van der Waals surface area contributed by atoms with Crippen molar-refractivity contribution in [2.24, 2.45) is 7.05 Å². The average molecular weight is 402 g/mol. The Morgan fingerprint density at radius 3 is 2.46 bits per heavy atom. The van der Waals surface area contributed by atoms with Crippen LogP contribution in [0, 0.1) is 26.6 Å². The lowest BCUT2D eigenvalue weighted by Crippen LogP contribution is -2.21. The minimum atomic E-state index is -0.627. The number of thiazole rings is 1. The van der Waals surface area contributed by atoms with Gasteiger partial charge >= 0.3 is 5.97 Å². The van der Waals surface area contributed by atoms with E-state index in [4.69, 9.17) is 4.74 Å². The van der Waals surface area contributed by atoms with Gasteiger partial charge in [-0.1, -0.05) is 0 Å². The molecule has 0 atom stereocenters. The van der Waals surface area contributed by atoms with Crippen molar-refractivity contribution >= 4 is 28.9 Å². The number of rotatable bonds is 5. The fourth-order valence-corrected chi connectivity index (χ4v) is 3.59. The molecule has 0 aliphatic rings. The molecule has 2 aromatic heterocycles. The molecule has 0 unspecified atom stereocenters. The summed E-state index contributed by atoms with van der Waals surface area (Å²) in [5.41, 5.74) is 3.29. The molecular weight excluding hydrogens is 383 g/mol. The number of carbonyl (C=O) groups is 2. The molecule has 0 saturated heterocycles. The Labute approximate surface area is 165 Å². The number of esters is 1. The predicted octanol–water partition coefficient (Wildman–Crippen LogP) is 3.40. The number of nitrogens with zero attached hydrogens (tertiary/aromatic N) is 3. The minimum Gasteiger partial charge on any atom is -0.451 e. The summed E-state index contributed by atoms with van der Waals surface area (Å²) in [6, 6.07) is 5.84. The highest BCUT2D eigenvalue weighted by Gasteiger charge is 2.19. The number of halogens is 1. The summed E-state index contributed by atoms with van der Waals surface area (Å²) in [4.78, 5) is 29.1. The van der Waals surface area contributed by atoms with Gasteiger partial charge in [0, 0.05) is 12.6 Å². The molecule has 0 aliphatic carbocycles. The summed E-state index contributed by atoms with van der Waals surface area (Å²) in [6.45, 7) is 4.88. The first-order valence-corrected chi connectivity index (χ1v) is 9.28. The number of nitrogens with one attached hydrogen (secondary N) is 1. The number of carbonyl (C=O) groups excluding carboxylic acids is 2. The summed E-state index contributed by atoms with van der Waals surface area (Å²) in [5, 5.41) is 7.51. The molecule has 28 heavy (non-hydrogen) atoms. The summed E-state index contributed by atoms with van der Waals surface area (Å²) < 4.78 is 19.9. The average Bonchev–Trinajstić information content (AvgIpc) is 3.15. The molecule has 0 radical (unpaired) electrons. The van der Waals surface area contributed by atoms with E-state index in [-0.39, 0.29) is 5.82 Å². The van der Waals surface area contributed by atoms with Crippen molar-refractivity contribution in [3.8, 4) is 10.6 Å². The van der Waals surface area contributed by atoms with E-state index in [0.717, 1.165) is 17.0 Å². The van der Waals surface area contributed by atoms with E-state index < -0.39 is 18.5 Å². The quantitative estimate of drug-likeness (QED) is 0.661. The first-order chi connectivity index (χ1) is 13.3. The molecule has 3 aromatic rings. The van der Waals surface area contributed by atoms with Crippen LogP contribution in [0.1, 0.15) is 26.8 Å². The minimum absolute atomic E-state index is 0.306. The van der Waals surface area contributed by atoms with E-state index >= 15 is 0 Å². The zero-order valence-electron chi connectivity index (χ0n) is 15.9. The second kappa shape index (κ2) is 7.89. The maximum atomic E-state index is 13.1. The summed E-state index contributed by atoms with van der Waals surface area (Å²) in [6.07, 6.45) is 0.